The molecule has 0 aliphatic heterocycles. The van der Waals surface area contributed by atoms with Crippen molar-refractivity contribution in [2.24, 2.45) is 0 Å². The summed E-state index contributed by atoms with van der Waals surface area (Å²) in [7, 11) is -6.09. The van der Waals surface area contributed by atoms with Gasteiger partial charge in [0.25, 0.3) is 0 Å². The maximum absolute atomic E-state index is 10.7. The van der Waals surface area contributed by atoms with Gasteiger partial charge >= 0.3 is 5.51 Å². The summed E-state index contributed by atoms with van der Waals surface area (Å²) in [4.78, 5) is 0. The van der Waals surface area contributed by atoms with E-state index in [1.165, 1.54) is 16.6 Å². The van der Waals surface area contributed by atoms with Gasteiger partial charge in [0, 0.05) is 18.2 Å². The molecule has 0 unspecified atom stereocenters. The normalized spacial score (nSPS) is 11.7. The van der Waals surface area contributed by atoms with Gasteiger partial charge in [-0.15, -0.1) is 0 Å². The van der Waals surface area contributed by atoms with E-state index in [2.05, 4.69) is 65.3 Å². The van der Waals surface area contributed by atoms with Crippen LogP contribution in [0.15, 0.2) is 73.1 Å². The number of alkyl halides is 3. The standard InChI is InChI=1S/C15H12N.CHF3O3S/c1-2-7-13(8-3-1)14-9-6-12-16-11-5-4-10-15(14)16;2-1(3,4)8(5,6)7/h1-12H;(H,5,6,7)/q+1;/p-1. The number of nitrogens with zero attached hydrogens (tertiary/aromatic N) is 1. The van der Waals surface area contributed by atoms with Gasteiger partial charge in [-0.25, -0.2) is 8.42 Å². The molecule has 2 heterocycles. The number of hydrogen-bond donors (Lipinski definition) is 0. The molecule has 1 aromatic carbocycles. The second-order valence-corrected chi connectivity index (χ2v) is 6.05. The SMILES string of the molecule is O=S(=O)([O-])C(F)(F)F.c1ccc(-c2ccc[n+]3ccccc23)cc1. The highest BCUT2D eigenvalue weighted by atomic mass is 32.2. The fourth-order valence-electron chi connectivity index (χ4n) is 1.99. The van der Waals surface area contributed by atoms with Crippen LogP contribution in [0.3, 0.4) is 0 Å². The van der Waals surface area contributed by atoms with E-state index in [1.807, 2.05) is 12.1 Å². The van der Waals surface area contributed by atoms with Gasteiger partial charge in [-0.2, -0.15) is 17.6 Å². The molecular formula is C16H12F3NO3S. The van der Waals surface area contributed by atoms with Gasteiger partial charge in [0.2, 0.25) is 5.52 Å². The molecule has 126 valence electrons. The van der Waals surface area contributed by atoms with Gasteiger partial charge in [-0.3, -0.25) is 0 Å². The zero-order chi connectivity index (χ0) is 17.8. The summed E-state index contributed by atoms with van der Waals surface area (Å²) in [6.45, 7) is 0. The summed E-state index contributed by atoms with van der Waals surface area (Å²) < 4.78 is 61.0. The van der Waals surface area contributed by atoms with Crippen molar-refractivity contribution < 1.29 is 30.5 Å². The Morgan fingerprint density at radius 1 is 0.833 bits per heavy atom. The molecule has 0 radical (unpaired) electrons. The van der Waals surface area contributed by atoms with Crippen molar-refractivity contribution in [3.05, 3.63) is 73.1 Å². The largest absolute Gasteiger partial charge is 0.741 e. The van der Waals surface area contributed by atoms with Crippen molar-refractivity contribution in [2.45, 2.75) is 5.51 Å². The molecule has 0 saturated carbocycles. The molecule has 24 heavy (non-hydrogen) atoms. The van der Waals surface area contributed by atoms with Crippen LogP contribution in [0.4, 0.5) is 13.2 Å². The second kappa shape index (κ2) is 6.98. The predicted octanol–water partition coefficient (Wildman–Crippen LogP) is 3.14. The van der Waals surface area contributed by atoms with E-state index in [0.29, 0.717) is 0 Å². The monoisotopic (exact) mass is 355 g/mol. The third-order valence-electron chi connectivity index (χ3n) is 3.04. The Morgan fingerprint density at radius 2 is 1.38 bits per heavy atom. The molecule has 3 rings (SSSR count). The summed E-state index contributed by atoms with van der Waals surface area (Å²) in [5, 5.41) is 0. The Kier molecular flexibility index (Phi) is 5.20. The number of pyridine rings is 2. The molecule has 0 aliphatic rings. The Bertz CT molecular complexity index is 921. The summed E-state index contributed by atoms with van der Waals surface area (Å²) >= 11 is 0. The molecule has 4 nitrogen and oxygen atoms in total. The summed E-state index contributed by atoms with van der Waals surface area (Å²) in [6.07, 6.45) is 4.14. The summed E-state index contributed by atoms with van der Waals surface area (Å²) in [5.74, 6) is 0. The zero-order valence-electron chi connectivity index (χ0n) is 12.1. The van der Waals surface area contributed by atoms with Crippen LogP contribution < -0.4 is 4.40 Å². The van der Waals surface area contributed by atoms with Crippen LogP contribution in [-0.4, -0.2) is 18.5 Å². The average molecular weight is 355 g/mol. The van der Waals surface area contributed by atoms with Gasteiger partial charge in [0.05, 0.1) is 5.56 Å². The van der Waals surface area contributed by atoms with Crippen LogP contribution in [0.1, 0.15) is 0 Å². The summed E-state index contributed by atoms with van der Waals surface area (Å²) in [5.41, 5.74) is -1.89. The minimum atomic E-state index is -6.09. The molecule has 0 atom stereocenters. The Labute approximate surface area is 136 Å². The summed E-state index contributed by atoms with van der Waals surface area (Å²) in [6, 6.07) is 21.0. The van der Waals surface area contributed by atoms with Crippen LogP contribution in [0.25, 0.3) is 16.6 Å². The number of aromatic nitrogens is 1. The number of halogens is 3. The second-order valence-electron chi connectivity index (χ2n) is 4.68. The van der Waals surface area contributed by atoms with E-state index < -0.39 is 15.6 Å². The smallest absolute Gasteiger partial charge is 0.485 e. The molecule has 0 aliphatic carbocycles. The third-order valence-corrected chi connectivity index (χ3v) is 3.61. The van der Waals surface area contributed by atoms with E-state index in [1.54, 1.807) is 0 Å². The first-order chi connectivity index (χ1) is 11.2. The van der Waals surface area contributed by atoms with Crippen molar-refractivity contribution in [3.63, 3.8) is 0 Å². The third kappa shape index (κ3) is 4.30. The topological polar surface area (TPSA) is 61.3 Å². The lowest BCUT2D eigenvalue weighted by atomic mass is 10.1. The van der Waals surface area contributed by atoms with Crippen molar-refractivity contribution in [2.75, 3.05) is 0 Å². The Balaban J connectivity index is 0.000000224. The van der Waals surface area contributed by atoms with E-state index >= 15 is 0 Å². The molecule has 3 aromatic rings. The molecule has 8 heteroatoms. The van der Waals surface area contributed by atoms with Crippen molar-refractivity contribution >= 4 is 15.6 Å². The van der Waals surface area contributed by atoms with Crippen LogP contribution in [-0.2, 0) is 10.1 Å². The molecular weight excluding hydrogens is 343 g/mol. The van der Waals surface area contributed by atoms with Gasteiger partial charge < -0.3 is 4.55 Å². The minimum absolute atomic E-state index is 1.23. The highest BCUT2D eigenvalue weighted by Gasteiger charge is 2.36. The fraction of sp³-hybridized carbons (Fsp3) is 0.0625. The zero-order valence-corrected chi connectivity index (χ0v) is 13.0. The number of benzene rings is 1. The highest BCUT2D eigenvalue weighted by molar-refractivity contribution is 7.86. The Hall–Kier alpha value is -2.45. The number of rotatable bonds is 1. The van der Waals surface area contributed by atoms with Gasteiger partial charge in [-0.1, -0.05) is 30.3 Å². The molecule has 0 fully saturated rings. The molecule has 0 bridgehead atoms. The van der Waals surface area contributed by atoms with Crippen molar-refractivity contribution in [3.8, 4) is 11.1 Å². The first-order valence-electron chi connectivity index (χ1n) is 6.67. The van der Waals surface area contributed by atoms with Crippen LogP contribution in [0.5, 0.6) is 0 Å². The predicted molar refractivity (Wildman–Crippen MR) is 80.8 cm³/mol. The Morgan fingerprint density at radius 3 is 1.96 bits per heavy atom. The van der Waals surface area contributed by atoms with Gasteiger partial charge in [0.1, 0.15) is 0 Å². The first kappa shape index (κ1) is 17.9. The van der Waals surface area contributed by atoms with Crippen LogP contribution in [0.2, 0.25) is 0 Å². The molecule has 0 N–H and O–H groups in total. The quantitative estimate of drug-likeness (QED) is 0.383. The van der Waals surface area contributed by atoms with Crippen molar-refractivity contribution in [1.29, 1.82) is 0 Å². The van der Waals surface area contributed by atoms with E-state index in [0.717, 1.165) is 0 Å². The first-order valence-corrected chi connectivity index (χ1v) is 8.07. The lowest BCUT2D eigenvalue weighted by Crippen LogP contribution is -2.21. The lowest BCUT2D eigenvalue weighted by Gasteiger charge is -2.08. The average Bonchev–Trinajstić information content (AvgIpc) is 2.54. The maximum atomic E-state index is 10.7. The van der Waals surface area contributed by atoms with Crippen molar-refractivity contribution in [1.82, 2.24) is 0 Å². The van der Waals surface area contributed by atoms with Gasteiger partial charge in [-0.05, 0) is 17.7 Å². The highest BCUT2D eigenvalue weighted by Crippen LogP contribution is 2.21. The molecule has 2 aromatic heterocycles. The fourth-order valence-corrected chi connectivity index (χ4v) is 1.99. The number of fused-ring (bicyclic) bond motifs is 1. The van der Waals surface area contributed by atoms with Gasteiger partial charge in [0.15, 0.2) is 22.5 Å². The molecule has 0 saturated heterocycles. The van der Waals surface area contributed by atoms with Crippen LogP contribution in [0, 0.1) is 0 Å². The lowest BCUT2D eigenvalue weighted by molar-refractivity contribution is -0.511. The number of hydrogen-bond acceptors (Lipinski definition) is 3. The van der Waals surface area contributed by atoms with E-state index in [9.17, 15) is 13.2 Å². The molecule has 0 amide bonds. The minimum Gasteiger partial charge on any atom is -0.741 e. The maximum Gasteiger partial charge on any atom is 0.485 e. The van der Waals surface area contributed by atoms with E-state index in [4.69, 9.17) is 13.0 Å². The van der Waals surface area contributed by atoms with E-state index in [-0.39, 0.29) is 0 Å². The van der Waals surface area contributed by atoms with Crippen LogP contribution >= 0.6 is 0 Å². The molecule has 0 spiro atoms.